The Hall–Kier alpha value is -2.20. The van der Waals surface area contributed by atoms with Gasteiger partial charge in [0.05, 0.1) is 5.69 Å². The summed E-state index contributed by atoms with van der Waals surface area (Å²) in [6, 6.07) is 18.3. The molecular weight excluding hydrogens is 266 g/mol. The number of anilines is 1. The normalized spacial score (nSPS) is 10.6. The minimum absolute atomic E-state index is 0.839. The molecule has 0 aliphatic rings. The summed E-state index contributed by atoms with van der Waals surface area (Å²) in [5.41, 5.74) is 9.12. The van der Waals surface area contributed by atoms with Crippen LogP contribution in [0.4, 0.5) is 5.69 Å². The van der Waals surface area contributed by atoms with Gasteiger partial charge in [-0.25, -0.2) is 4.68 Å². The Morgan fingerprint density at radius 1 is 1.00 bits per heavy atom. The quantitative estimate of drug-likeness (QED) is 0.585. The van der Waals surface area contributed by atoms with Crippen molar-refractivity contribution in [2.75, 3.05) is 5.73 Å². The highest BCUT2D eigenvalue weighted by Crippen LogP contribution is 2.27. The van der Waals surface area contributed by atoms with E-state index in [1.165, 1.54) is 5.56 Å². The maximum atomic E-state index is 5.94. The summed E-state index contributed by atoms with van der Waals surface area (Å²) in [5.74, 6) is 0.910. The predicted octanol–water partition coefficient (Wildman–Crippen LogP) is 3.75. The SMILES string of the molecule is Nc1ccccc1SCc1ccc(-n2cccn2)cc1. The van der Waals surface area contributed by atoms with Crippen LogP contribution in [-0.4, -0.2) is 9.78 Å². The molecule has 3 aromatic rings. The highest BCUT2D eigenvalue weighted by molar-refractivity contribution is 7.98. The molecule has 4 heteroatoms. The van der Waals surface area contributed by atoms with Gasteiger partial charge in [-0.3, -0.25) is 0 Å². The predicted molar refractivity (Wildman–Crippen MR) is 84.0 cm³/mol. The van der Waals surface area contributed by atoms with E-state index in [0.29, 0.717) is 0 Å². The average Bonchev–Trinajstić information content (AvgIpc) is 3.01. The number of rotatable bonds is 4. The topological polar surface area (TPSA) is 43.8 Å². The zero-order valence-corrected chi connectivity index (χ0v) is 11.8. The molecule has 0 aliphatic carbocycles. The van der Waals surface area contributed by atoms with E-state index >= 15 is 0 Å². The molecule has 0 saturated heterocycles. The minimum atomic E-state index is 0.839. The number of hydrogen-bond donors (Lipinski definition) is 1. The zero-order chi connectivity index (χ0) is 13.8. The van der Waals surface area contributed by atoms with Gasteiger partial charge in [-0.1, -0.05) is 24.3 Å². The maximum absolute atomic E-state index is 5.94. The van der Waals surface area contributed by atoms with Crippen LogP contribution < -0.4 is 5.73 Å². The number of hydrogen-bond acceptors (Lipinski definition) is 3. The number of nitrogen functional groups attached to an aromatic ring is 1. The number of nitrogens with two attached hydrogens (primary N) is 1. The van der Waals surface area contributed by atoms with Gasteiger partial charge in [0.15, 0.2) is 0 Å². The molecule has 0 amide bonds. The molecule has 100 valence electrons. The van der Waals surface area contributed by atoms with Crippen LogP contribution >= 0.6 is 11.8 Å². The van der Waals surface area contributed by atoms with Crippen molar-refractivity contribution in [1.82, 2.24) is 9.78 Å². The van der Waals surface area contributed by atoms with Gasteiger partial charge in [-0.15, -0.1) is 11.8 Å². The summed E-state index contributed by atoms with van der Waals surface area (Å²) in [6.07, 6.45) is 3.72. The van der Waals surface area contributed by atoms with Crippen molar-refractivity contribution in [1.29, 1.82) is 0 Å². The van der Waals surface area contributed by atoms with Gasteiger partial charge in [-0.2, -0.15) is 5.10 Å². The molecule has 0 radical (unpaired) electrons. The van der Waals surface area contributed by atoms with Crippen LogP contribution in [-0.2, 0) is 5.75 Å². The van der Waals surface area contributed by atoms with E-state index in [4.69, 9.17) is 5.73 Å². The summed E-state index contributed by atoms with van der Waals surface area (Å²) < 4.78 is 1.85. The monoisotopic (exact) mass is 281 g/mol. The van der Waals surface area contributed by atoms with Gasteiger partial charge in [0.1, 0.15) is 0 Å². The van der Waals surface area contributed by atoms with E-state index in [1.54, 1.807) is 18.0 Å². The van der Waals surface area contributed by atoms with Crippen molar-refractivity contribution in [3.63, 3.8) is 0 Å². The maximum Gasteiger partial charge on any atom is 0.0645 e. The van der Waals surface area contributed by atoms with E-state index in [1.807, 2.05) is 35.1 Å². The first-order chi connectivity index (χ1) is 9.83. The molecule has 1 heterocycles. The molecule has 0 fully saturated rings. The van der Waals surface area contributed by atoms with E-state index in [0.717, 1.165) is 22.0 Å². The summed E-state index contributed by atoms with van der Waals surface area (Å²) in [6.45, 7) is 0. The standard InChI is InChI=1S/C16H15N3S/c17-15-4-1-2-5-16(15)20-12-13-6-8-14(9-7-13)19-11-3-10-18-19/h1-11H,12,17H2. The van der Waals surface area contributed by atoms with Crippen LogP contribution in [0, 0.1) is 0 Å². The molecule has 2 N–H and O–H groups in total. The molecule has 0 bridgehead atoms. The average molecular weight is 281 g/mol. The molecule has 20 heavy (non-hydrogen) atoms. The zero-order valence-electron chi connectivity index (χ0n) is 10.9. The molecule has 0 aliphatic heterocycles. The lowest BCUT2D eigenvalue weighted by Gasteiger charge is -2.06. The third-order valence-corrected chi connectivity index (χ3v) is 4.18. The third-order valence-electron chi connectivity index (χ3n) is 3.02. The fraction of sp³-hybridized carbons (Fsp3) is 0.0625. The van der Waals surface area contributed by atoms with Gasteiger partial charge in [0.25, 0.3) is 0 Å². The van der Waals surface area contributed by atoms with Crippen molar-refractivity contribution in [3.05, 3.63) is 72.6 Å². The van der Waals surface area contributed by atoms with Crippen molar-refractivity contribution in [3.8, 4) is 5.69 Å². The van der Waals surface area contributed by atoms with Crippen LogP contribution in [0.25, 0.3) is 5.69 Å². The minimum Gasteiger partial charge on any atom is -0.398 e. The second-order valence-corrected chi connectivity index (χ2v) is 5.46. The lowest BCUT2D eigenvalue weighted by Crippen LogP contribution is -1.94. The lowest BCUT2D eigenvalue weighted by molar-refractivity contribution is 0.880. The third kappa shape index (κ3) is 2.86. The molecule has 0 atom stereocenters. The van der Waals surface area contributed by atoms with E-state index in [-0.39, 0.29) is 0 Å². The van der Waals surface area contributed by atoms with Crippen LogP contribution in [0.5, 0.6) is 0 Å². The summed E-state index contributed by atoms with van der Waals surface area (Å²) >= 11 is 1.76. The Morgan fingerprint density at radius 2 is 1.80 bits per heavy atom. The smallest absolute Gasteiger partial charge is 0.0645 e. The van der Waals surface area contributed by atoms with Gasteiger partial charge in [0.2, 0.25) is 0 Å². The number of thioether (sulfide) groups is 1. The van der Waals surface area contributed by atoms with Crippen molar-refractivity contribution < 1.29 is 0 Å². The van der Waals surface area contributed by atoms with Crippen molar-refractivity contribution >= 4 is 17.4 Å². The molecule has 0 unspecified atom stereocenters. The van der Waals surface area contributed by atoms with Crippen molar-refractivity contribution in [2.24, 2.45) is 0 Å². The van der Waals surface area contributed by atoms with Crippen LogP contribution in [0.2, 0.25) is 0 Å². The summed E-state index contributed by atoms with van der Waals surface area (Å²) in [7, 11) is 0. The first kappa shape index (κ1) is 12.8. The van der Waals surface area contributed by atoms with Gasteiger partial charge >= 0.3 is 0 Å². The highest BCUT2D eigenvalue weighted by Gasteiger charge is 2.01. The Morgan fingerprint density at radius 3 is 2.50 bits per heavy atom. The van der Waals surface area contributed by atoms with Crippen LogP contribution in [0.3, 0.4) is 0 Å². The Balaban J connectivity index is 1.68. The molecule has 0 saturated carbocycles. The second kappa shape index (κ2) is 5.84. The summed E-state index contributed by atoms with van der Waals surface area (Å²) in [5, 5.41) is 4.22. The summed E-state index contributed by atoms with van der Waals surface area (Å²) in [4.78, 5) is 1.13. The second-order valence-electron chi connectivity index (χ2n) is 4.44. The van der Waals surface area contributed by atoms with Gasteiger partial charge < -0.3 is 5.73 Å². The Kier molecular flexibility index (Phi) is 3.74. The number of aromatic nitrogens is 2. The molecule has 1 aromatic heterocycles. The first-order valence-electron chi connectivity index (χ1n) is 6.39. The molecule has 3 rings (SSSR count). The molecular formula is C16H15N3S. The van der Waals surface area contributed by atoms with E-state index in [2.05, 4.69) is 35.4 Å². The van der Waals surface area contributed by atoms with Crippen LogP contribution in [0.1, 0.15) is 5.56 Å². The van der Waals surface area contributed by atoms with Gasteiger partial charge in [0, 0.05) is 28.7 Å². The fourth-order valence-corrected chi connectivity index (χ4v) is 2.86. The fourth-order valence-electron chi connectivity index (χ4n) is 1.94. The molecule has 3 nitrogen and oxygen atoms in total. The highest BCUT2D eigenvalue weighted by atomic mass is 32.2. The number of para-hydroxylation sites is 1. The molecule has 2 aromatic carbocycles. The number of benzene rings is 2. The van der Waals surface area contributed by atoms with Gasteiger partial charge in [-0.05, 0) is 35.9 Å². The van der Waals surface area contributed by atoms with E-state index in [9.17, 15) is 0 Å². The van der Waals surface area contributed by atoms with Crippen LogP contribution in [0.15, 0.2) is 71.9 Å². The lowest BCUT2D eigenvalue weighted by atomic mass is 10.2. The Bertz CT molecular complexity index is 675. The number of nitrogens with zero attached hydrogens (tertiary/aromatic N) is 2. The Labute approximate surface area is 122 Å². The van der Waals surface area contributed by atoms with Crippen molar-refractivity contribution in [2.45, 2.75) is 10.6 Å². The largest absolute Gasteiger partial charge is 0.398 e. The van der Waals surface area contributed by atoms with E-state index < -0.39 is 0 Å². The molecule has 0 spiro atoms. The first-order valence-corrected chi connectivity index (χ1v) is 7.38.